The van der Waals surface area contributed by atoms with Crippen LogP contribution in [0.2, 0.25) is 0 Å². The summed E-state index contributed by atoms with van der Waals surface area (Å²) in [7, 11) is 3.68. The molecule has 0 aliphatic heterocycles. The number of hydrogen-bond acceptors (Lipinski definition) is 3. The third-order valence-corrected chi connectivity index (χ3v) is 4.75. The average Bonchev–Trinajstić information content (AvgIpc) is 2.88. The molecule has 0 radical (unpaired) electrons. The SMILES string of the molecule is CN(c1cnn(C)c(=O)c1Br)C1CCc2ccccc21. The van der Waals surface area contributed by atoms with Crippen molar-refractivity contribution < 1.29 is 0 Å². The molecule has 1 atom stereocenters. The maximum Gasteiger partial charge on any atom is 0.282 e. The lowest BCUT2D eigenvalue weighted by molar-refractivity contribution is 0.646. The number of hydrogen-bond donors (Lipinski definition) is 0. The van der Waals surface area contributed by atoms with E-state index < -0.39 is 0 Å². The quantitative estimate of drug-likeness (QED) is 0.848. The molecule has 0 fully saturated rings. The largest absolute Gasteiger partial charge is 0.365 e. The molecule has 4 nitrogen and oxygen atoms in total. The van der Waals surface area contributed by atoms with Gasteiger partial charge < -0.3 is 4.90 Å². The molecular weight excluding hydrogens is 318 g/mol. The summed E-state index contributed by atoms with van der Waals surface area (Å²) >= 11 is 3.40. The van der Waals surface area contributed by atoms with Gasteiger partial charge in [0.05, 0.1) is 17.9 Å². The standard InChI is InChI=1S/C15H16BrN3O/c1-18(13-9-17-19(2)15(20)14(13)16)12-8-7-10-5-3-4-6-11(10)12/h3-6,9,12H,7-8H2,1-2H3. The second-order valence-corrected chi connectivity index (χ2v) is 5.93. The van der Waals surface area contributed by atoms with Gasteiger partial charge in [-0.25, -0.2) is 4.68 Å². The first-order chi connectivity index (χ1) is 9.59. The van der Waals surface area contributed by atoms with Gasteiger partial charge in [-0.3, -0.25) is 4.79 Å². The van der Waals surface area contributed by atoms with Crippen molar-refractivity contribution in [1.29, 1.82) is 0 Å². The Bertz CT molecular complexity index is 711. The second-order valence-electron chi connectivity index (χ2n) is 5.14. The summed E-state index contributed by atoms with van der Waals surface area (Å²) in [6, 6.07) is 8.81. The van der Waals surface area contributed by atoms with Crippen LogP contribution in [0.1, 0.15) is 23.6 Å². The van der Waals surface area contributed by atoms with E-state index in [1.807, 2.05) is 7.05 Å². The molecule has 1 unspecified atom stereocenters. The minimum absolute atomic E-state index is 0.111. The van der Waals surface area contributed by atoms with Gasteiger partial charge in [0.1, 0.15) is 4.47 Å². The molecule has 5 heteroatoms. The molecule has 104 valence electrons. The van der Waals surface area contributed by atoms with Crippen LogP contribution < -0.4 is 10.5 Å². The van der Waals surface area contributed by atoms with Crippen LogP contribution in [0.3, 0.4) is 0 Å². The summed E-state index contributed by atoms with van der Waals surface area (Å²) in [4.78, 5) is 14.1. The summed E-state index contributed by atoms with van der Waals surface area (Å²) in [5.41, 5.74) is 3.48. The van der Waals surface area contributed by atoms with Crippen LogP contribution in [0.25, 0.3) is 0 Å². The van der Waals surface area contributed by atoms with Crippen molar-refractivity contribution in [2.75, 3.05) is 11.9 Å². The summed E-state index contributed by atoms with van der Waals surface area (Å²) in [5.74, 6) is 0. The number of aryl methyl sites for hydroxylation is 2. The molecule has 1 aromatic heterocycles. The van der Waals surface area contributed by atoms with Crippen LogP contribution in [0.5, 0.6) is 0 Å². The number of fused-ring (bicyclic) bond motifs is 1. The molecule has 1 heterocycles. The Morgan fingerprint density at radius 2 is 2.15 bits per heavy atom. The van der Waals surface area contributed by atoms with Gasteiger partial charge in [-0.15, -0.1) is 0 Å². The smallest absolute Gasteiger partial charge is 0.282 e. The number of nitrogens with zero attached hydrogens (tertiary/aromatic N) is 3. The highest BCUT2D eigenvalue weighted by Gasteiger charge is 2.27. The van der Waals surface area contributed by atoms with E-state index in [0.717, 1.165) is 18.5 Å². The molecule has 1 aromatic carbocycles. The first-order valence-corrected chi connectivity index (χ1v) is 7.41. The van der Waals surface area contributed by atoms with E-state index in [9.17, 15) is 4.79 Å². The summed E-state index contributed by atoms with van der Waals surface area (Å²) in [6.45, 7) is 0. The van der Waals surface area contributed by atoms with Crippen LogP contribution in [-0.4, -0.2) is 16.8 Å². The van der Waals surface area contributed by atoms with Crippen LogP contribution in [-0.2, 0) is 13.5 Å². The van der Waals surface area contributed by atoms with Crippen molar-refractivity contribution in [3.63, 3.8) is 0 Å². The average molecular weight is 334 g/mol. The topological polar surface area (TPSA) is 38.1 Å². The fourth-order valence-electron chi connectivity index (χ4n) is 2.85. The minimum Gasteiger partial charge on any atom is -0.365 e. The predicted octanol–water partition coefficient (Wildman–Crippen LogP) is 2.67. The lowest BCUT2D eigenvalue weighted by Crippen LogP contribution is -2.28. The first-order valence-electron chi connectivity index (χ1n) is 6.62. The maximum absolute atomic E-state index is 12.0. The Balaban J connectivity index is 2.01. The normalized spacial score (nSPS) is 17.1. The third kappa shape index (κ3) is 2.06. The van der Waals surface area contributed by atoms with Crippen molar-refractivity contribution in [2.45, 2.75) is 18.9 Å². The molecule has 2 aromatic rings. The van der Waals surface area contributed by atoms with Gasteiger partial charge in [0, 0.05) is 14.1 Å². The van der Waals surface area contributed by atoms with Crippen molar-refractivity contribution >= 4 is 21.6 Å². The van der Waals surface area contributed by atoms with Gasteiger partial charge >= 0.3 is 0 Å². The molecule has 0 N–H and O–H groups in total. The van der Waals surface area contributed by atoms with Gasteiger partial charge in [0.25, 0.3) is 5.56 Å². The fourth-order valence-corrected chi connectivity index (χ4v) is 3.49. The number of halogens is 1. The van der Waals surface area contributed by atoms with Crippen LogP contribution in [0, 0.1) is 0 Å². The summed E-state index contributed by atoms with van der Waals surface area (Å²) in [6.07, 6.45) is 3.89. The lowest BCUT2D eigenvalue weighted by atomic mass is 10.1. The van der Waals surface area contributed by atoms with Crippen LogP contribution in [0.15, 0.2) is 39.7 Å². The Morgan fingerprint density at radius 3 is 2.95 bits per heavy atom. The lowest BCUT2D eigenvalue weighted by Gasteiger charge is -2.28. The van der Waals surface area contributed by atoms with E-state index in [0.29, 0.717) is 10.5 Å². The molecule has 3 rings (SSSR count). The van der Waals surface area contributed by atoms with E-state index in [1.165, 1.54) is 15.8 Å². The van der Waals surface area contributed by atoms with Gasteiger partial charge in [-0.05, 0) is 39.9 Å². The fraction of sp³-hybridized carbons (Fsp3) is 0.333. The molecule has 0 spiro atoms. The number of anilines is 1. The molecule has 0 bridgehead atoms. The van der Waals surface area contributed by atoms with Crippen molar-refractivity contribution in [1.82, 2.24) is 9.78 Å². The van der Waals surface area contributed by atoms with E-state index in [2.05, 4.69) is 50.2 Å². The minimum atomic E-state index is -0.111. The third-order valence-electron chi connectivity index (χ3n) is 4.01. The van der Waals surface area contributed by atoms with E-state index in [-0.39, 0.29) is 5.56 Å². The van der Waals surface area contributed by atoms with E-state index in [1.54, 1.807) is 13.2 Å². The zero-order valence-corrected chi connectivity index (χ0v) is 13.1. The van der Waals surface area contributed by atoms with Gasteiger partial charge in [0.15, 0.2) is 0 Å². The van der Waals surface area contributed by atoms with Crippen molar-refractivity contribution in [3.8, 4) is 0 Å². The van der Waals surface area contributed by atoms with Gasteiger partial charge in [-0.2, -0.15) is 5.10 Å². The van der Waals surface area contributed by atoms with Crippen LogP contribution >= 0.6 is 15.9 Å². The number of rotatable bonds is 2. The summed E-state index contributed by atoms with van der Waals surface area (Å²) < 4.78 is 1.91. The molecule has 1 aliphatic carbocycles. The Kier molecular flexibility index (Phi) is 3.38. The van der Waals surface area contributed by atoms with E-state index in [4.69, 9.17) is 0 Å². The molecule has 0 saturated carbocycles. The Labute approximate surface area is 126 Å². The highest BCUT2D eigenvalue weighted by molar-refractivity contribution is 9.10. The Hall–Kier alpha value is -1.62. The summed E-state index contributed by atoms with van der Waals surface area (Å²) in [5, 5.41) is 4.12. The maximum atomic E-state index is 12.0. The predicted molar refractivity (Wildman–Crippen MR) is 83.1 cm³/mol. The monoisotopic (exact) mass is 333 g/mol. The van der Waals surface area contributed by atoms with Gasteiger partial charge in [-0.1, -0.05) is 24.3 Å². The molecule has 0 saturated heterocycles. The second kappa shape index (κ2) is 5.05. The molecule has 20 heavy (non-hydrogen) atoms. The van der Waals surface area contributed by atoms with E-state index >= 15 is 0 Å². The Morgan fingerprint density at radius 1 is 1.40 bits per heavy atom. The van der Waals surface area contributed by atoms with Gasteiger partial charge in [0.2, 0.25) is 0 Å². The molecule has 0 amide bonds. The highest BCUT2D eigenvalue weighted by atomic mass is 79.9. The highest BCUT2D eigenvalue weighted by Crippen LogP contribution is 2.38. The van der Waals surface area contributed by atoms with Crippen molar-refractivity contribution in [2.24, 2.45) is 7.05 Å². The number of aromatic nitrogens is 2. The molecular formula is C15H16BrN3O. The number of benzene rings is 1. The zero-order valence-electron chi connectivity index (χ0n) is 11.5. The molecule has 1 aliphatic rings. The first kappa shape index (κ1) is 13.4. The van der Waals surface area contributed by atoms with Crippen LogP contribution in [0.4, 0.5) is 5.69 Å². The zero-order chi connectivity index (χ0) is 14.3. The van der Waals surface area contributed by atoms with Crippen molar-refractivity contribution in [3.05, 3.63) is 56.4 Å².